The number of benzene rings is 1. The van der Waals surface area contributed by atoms with Crippen molar-refractivity contribution in [2.24, 2.45) is 0 Å². The van der Waals surface area contributed by atoms with Crippen LogP contribution in [0.5, 0.6) is 0 Å². The van der Waals surface area contributed by atoms with Crippen LogP contribution < -0.4 is 0 Å². The molecule has 0 spiro atoms. The topological polar surface area (TPSA) is 87.5 Å². The van der Waals surface area contributed by atoms with Gasteiger partial charge in [-0.25, -0.2) is 14.6 Å². The molecule has 0 saturated heterocycles. The van der Waals surface area contributed by atoms with Crippen molar-refractivity contribution in [1.29, 1.82) is 0 Å². The zero-order valence-corrected chi connectivity index (χ0v) is 8.04. The number of hydrogen-bond donors (Lipinski definition) is 2. The van der Waals surface area contributed by atoms with E-state index in [2.05, 4.69) is 4.98 Å². The number of carboxylic acids is 2. The first-order chi connectivity index (χ1) is 7.58. The van der Waals surface area contributed by atoms with E-state index in [4.69, 9.17) is 10.2 Å². The normalized spacial score (nSPS) is 10.2. The third kappa shape index (κ3) is 1.70. The van der Waals surface area contributed by atoms with Crippen molar-refractivity contribution < 1.29 is 19.8 Å². The molecule has 0 saturated carbocycles. The number of aromatic carboxylic acids is 2. The van der Waals surface area contributed by atoms with E-state index in [0.717, 1.165) is 0 Å². The minimum atomic E-state index is -1.11. The third-order valence-corrected chi connectivity index (χ3v) is 2.16. The van der Waals surface area contributed by atoms with Crippen LogP contribution in [0.4, 0.5) is 0 Å². The van der Waals surface area contributed by atoms with Crippen molar-refractivity contribution in [3.8, 4) is 0 Å². The number of carbonyl (C=O) groups is 2. The molecule has 0 amide bonds. The third-order valence-electron chi connectivity index (χ3n) is 2.16. The predicted molar refractivity (Wildman–Crippen MR) is 55.7 cm³/mol. The standard InChI is InChI=1S/C11H7NO4/c13-10(14)7-2-3-8-6(5-7)1-4-9(12-8)11(15)16/h1-5H,(H,13,14)(H,15,16). The van der Waals surface area contributed by atoms with E-state index < -0.39 is 11.9 Å². The number of fused-ring (bicyclic) bond motifs is 1. The van der Waals surface area contributed by atoms with Gasteiger partial charge in [-0.3, -0.25) is 0 Å². The number of carboxylic acid groups (broad SMARTS) is 2. The van der Waals surface area contributed by atoms with Gasteiger partial charge in [0.2, 0.25) is 0 Å². The summed E-state index contributed by atoms with van der Waals surface area (Å²) in [5.74, 6) is -2.13. The largest absolute Gasteiger partial charge is 0.478 e. The van der Waals surface area contributed by atoms with Crippen molar-refractivity contribution >= 4 is 22.8 Å². The zero-order valence-electron chi connectivity index (χ0n) is 8.04. The molecule has 16 heavy (non-hydrogen) atoms. The van der Waals surface area contributed by atoms with Crippen LogP contribution in [-0.4, -0.2) is 27.1 Å². The Morgan fingerprint density at radius 2 is 1.75 bits per heavy atom. The molecular formula is C11H7NO4. The van der Waals surface area contributed by atoms with Crippen molar-refractivity contribution in [3.63, 3.8) is 0 Å². The molecule has 1 aromatic heterocycles. The summed E-state index contributed by atoms with van der Waals surface area (Å²) in [7, 11) is 0. The van der Waals surface area contributed by atoms with Gasteiger partial charge >= 0.3 is 11.9 Å². The van der Waals surface area contributed by atoms with Gasteiger partial charge < -0.3 is 10.2 Å². The molecule has 2 aromatic rings. The van der Waals surface area contributed by atoms with E-state index in [1.807, 2.05) is 0 Å². The highest BCUT2D eigenvalue weighted by Gasteiger charge is 2.07. The first-order valence-corrected chi connectivity index (χ1v) is 4.45. The summed E-state index contributed by atoms with van der Waals surface area (Å²) in [5.41, 5.74) is 0.554. The zero-order chi connectivity index (χ0) is 11.7. The lowest BCUT2D eigenvalue weighted by atomic mass is 10.1. The summed E-state index contributed by atoms with van der Waals surface area (Å²) in [6.45, 7) is 0. The Morgan fingerprint density at radius 3 is 2.38 bits per heavy atom. The average Bonchev–Trinajstić information content (AvgIpc) is 2.27. The van der Waals surface area contributed by atoms with Gasteiger partial charge in [-0.15, -0.1) is 0 Å². The van der Waals surface area contributed by atoms with Gasteiger partial charge in [0.05, 0.1) is 11.1 Å². The number of nitrogens with zero attached hydrogens (tertiary/aromatic N) is 1. The SMILES string of the molecule is O=C(O)c1ccc2nc(C(=O)O)ccc2c1. The van der Waals surface area contributed by atoms with Gasteiger partial charge in [-0.05, 0) is 24.3 Å². The fourth-order valence-corrected chi connectivity index (χ4v) is 1.38. The van der Waals surface area contributed by atoms with E-state index in [0.29, 0.717) is 10.9 Å². The van der Waals surface area contributed by atoms with E-state index in [1.165, 1.54) is 30.3 Å². The summed E-state index contributed by atoms with van der Waals surface area (Å²) in [4.78, 5) is 25.3. The second kappa shape index (κ2) is 3.62. The first kappa shape index (κ1) is 10.1. The number of pyridine rings is 1. The molecular weight excluding hydrogens is 210 g/mol. The molecule has 80 valence electrons. The molecule has 0 atom stereocenters. The number of aromatic nitrogens is 1. The van der Waals surface area contributed by atoms with Crippen molar-refractivity contribution in [2.45, 2.75) is 0 Å². The van der Waals surface area contributed by atoms with Crippen LogP contribution in [0.2, 0.25) is 0 Å². The predicted octanol–water partition coefficient (Wildman–Crippen LogP) is 1.63. The van der Waals surface area contributed by atoms with Gasteiger partial charge in [0.1, 0.15) is 5.69 Å². The Balaban J connectivity index is 2.61. The first-order valence-electron chi connectivity index (χ1n) is 4.45. The molecule has 0 radical (unpaired) electrons. The molecule has 0 aliphatic heterocycles. The van der Waals surface area contributed by atoms with Crippen LogP contribution in [0.15, 0.2) is 30.3 Å². The number of rotatable bonds is 2. The summed E-state index contributed by atoms with van der Waals surface area (Å²) in [6, 6.07) is 7.22. The minimum Gasteiger partial charge on any atom is -0.478 e. The minimum absolute atomic E-state index is 0.0597. The average molecular weight is 217 g/mol. The quantitative estimate of drug-likeness (QED) is 0.798. The Morgan fingerprint density at radius 1 is 1.00 bits per heavy atom. The molecule has 1 aromatic carbocycles. The molecule has 0 fully saturated rings. The fourth-order valence-electron chi connectivity index (χ4n) is 1.38. The Bertz CT molecular complexity index is 538. The maximum absolute atomic E-state index is 10.7. The van der Waals surface area contributed by atoms with E-state index >= 15 is 0 Å². The number of hydrogen-bond acceptors (Lipinski definition) is 3. The highest BCUT2D eigenvalue weighted by Crippen LogP contribution is 2.15. The van der Waals surface area contributed by atoms with Crippen LogP contribution in [0.3, 0.4) is 0 Å². The van der Waals surface area contributed by atoms with Gasteiger partial charge in [0, 0.05) is 5.39 Å². The second-order valence-corrected chi connectivity index (χ2v) is 3.21. The summed E-state index contributed by atoms with van der Waals surface area (Å²) in [5, 5.41) is 18.1. The van der Waals surface area contributed by atoms with Crippen LogP contribution in [-0.2, 0) is 0 Å². The Kier molecular flexibility index (Phi) is 2.28. The van der Waals surface area contributed by atoms with Crippen LogP contribution in [0.1, 0.15) is 20.8 Å². The molecule has 0 aliphatic rings. The molecule has 5 nitrogen and oxygen atoms in total. The maximum atomic E-state index is 10.7. The van der Waals surface area contributed by atoms with Crippen molar-refractivity contribution in [2.75, 3.05) is 0 Å². The lowest BCUT2D eigenvalue weighted by Crippen LogP contribution is -2.00. The highest BCUT2D eigenvalue weighted by atomic mass is 16.4. The van der Waals surface area contributed by atoms with Crippen LogP contribution in [0, 0.1) is 0 Å². The summed E-state index contributed by atoms with van der Waals surface area (Å²) < 4.78 is 0. The fraction of sp³-hybridized carbons (Fsp3) is 0. The lowest BCUT2D eigenvalue weighted by Gasteiger charge is -2.00. The smallest absolute Gasteiger partial charge is 0.354 e. The molecule has 5 heteroatoms. The second-order valence-electron chi connectivity index (χ2n) is 3.21. The van der Waals surface area contributed by atoms with Crippen LogP contribution in [0.25, 0.3) is 10.9 Å². The Labute approximate surface area is 90.0 Å². The van der Waals surface area contributed by atoms with E-state index in [9.17, 15) is 9.59 Å². The monoisotopic (exact) mass is 217 g/mol. The van der Waals surface area contributed by atoms with Crippen LogP contribution >= 0.6 is 0 Å². The van der Waals surface area contributed by atoms with E-state index in [1.54, 1.807) is 0 Å². The van der Waals surface area contributed by atoms with Gasteiger partial charge in [-0.2, -0.15) is 0 Å². The lowest BCUT2D eigenvalue weighted by molar-refractivity contribution is 0.0682. The van der Waals surface area contributed by atoms with Gasteiger partial charge in [0.25, 0.3) is 0 Å². The van der Waals surface area contributed by atoms with Gasteiger partial charge in [-0.1, -0.05) is 6.07 Å². The maximum Gasteiger partial charge on any atom is 0.354 e. The molecule has 0 bridgehead atoms. The Hall–Kier alpha value is -2.43. The van der Waals surface area contributed by atoms with E-state index in [-0.39, 0.29) is 11.3 Å². The van der Waals surface area contributed by atoms with Gasteiger partial charge in [0.15, 0.2) is 0 Å². The highest BCUT2D eigenvalue weighted by molar-refractivity contribution is 5.95. The summed E-state index contributed by atoms with van der Waals surface area (Å²) >= 11 is 0. The summed E-state index contributed by atoms with van der Waals surface area (Å²) in [6.07, 6.45) is 0. The van der Waals surface area contributed by atoms with Crippen molar-refractivity contribution in [1.82, 2.24) is 4.98 Å². The molecule has 2 rings (SSSR count). The molecule has 0 aliphatic carbocycles. The molecule has 0 unspecified atom stereocenters. The molecule has 1 heterocycles. The van der Waals surface area contributed by atoms with Crippen molar-refractivity contribution in [3.05, 3.63) is 41.6 Å². The molecule has 2 N–H and O–H groups in total.